The van der Waals surface area contributed by atoms with Crippen LogP contribution < -0.4 is 0 Å². The second kappa shape index (κ2) is 6.97. The molecule has 1 aliphatic rings. The third kappa shape index (κ3) is 3.17. The quantitative estimate of drug-likeness (QED) is 0.796. The number of esters is 1. The van der Waals surface area contributed by atoms with E-state index in [-0.39, 0.29) is 5.97 Å². The van der Waals surface area contributed by atoms with Crippen LogP contribution in [0.1, 0.15) is 42.2 Å². The highest BCUT2D eigenvalue weighted by Gasteiger charge is 2.16. The van der Waals surface area contributed by atoms with Gasteiger partial charge in [-0.1, -0.05) is 19.4 Å². The summed E-state index contributed by atoms with van der Waals surface area (Å²) in [6.45, 7) is 5.68. The molecule has 0 aliphatic carbocycles. The average Bonchev–Trinajstić information content (AvgIpc) is 2.95. The van der Waals surface area contributed by atoms with Crippen LogP contribution in [-0.4, -0.2) is 41.5 Å². The van der Waals surface area contributed by atoms with Crippen LogP contribution in [-0.2, 0) is 11.2 Å². The molecule has 3 heterocycles. The standard InChI is InChI=1S/C18H24N2O2/c1-2-15-14-16(17-8-4-7-11-20(15)17)18(21)22-13-12-19-9-5-3-6-10-19/h4,7-8,11,14H,2-3,5-6,9-10,12-13H2,1H3. The number of hydrogen-bond acceptors (Lipinski definition) is 3. The molecule has 0 saturated carbocycles. The summed E-state index contributed by atoms with van der Waals surface area (Å²) < 4.78 is 7.57. The third-order valence-corrected chi connectivity index (χ3v) is 4.43. The highest BCUT2D eigenvalue weighted by atomic mass is 16.5. The number of aromatic nitrogens is 1. The van der Waals surface area contributed by atoms with Crippen molar-refractivity contribution in [1.82, 2.24) is 9.30 Å². The molecule has 2 aromatic rings. The number of ether oxygens (including phenoxy) is 1. The second-order valence-electron chi connectivity index (χ2n) is 5.90. The molecule has 3 rings (SSSR count). The van der Waals surface area contributed by atoms with Crippen LogP contribution in [0.4, 0.5) is 0 Å². The van der Waals surface area contributed by atoms with Crippen molar-refractivity contribution in [2.45, 2.75) is 32.6 Å². The Bertz CT molecular complexity index is 642. The number of aryl methyl sites for hydroxylation is 1. The van der Waals surface area contributed by atoms with Crippen LogP contribution in [0.5, 0.6) is 0 Å². The van der Waals surface area contributed by atoms with Crippen molar-refractivity contribution >= 4 is 11.5 Å². The van der Waals surface area contributed by atoms with Crippen molar-refractivity contribution in [3.05, 3.63) is 41.7 Å². The van der Waals surface area contributed by atoms with Crippen LogP contribution >= 0.6 is 0 Å². The maximum atomic E-state index is 12.4. The molecule has 0 N–H and O–H groups in total. The lowest BCUT2D eigenvalue weighted by molar-refractivity contribution is 0.0454. The molecule has 118 valence electrons. The smallest absolute Gasteiger partial charge is 0.340 e. The Morgan fingerprint density at radius 3 is 2.82 bits per heavy atom. The van der Waals surface area contributed by atoms with Crippen molar-refractivity contribution in [3.8, 4) is 0 Å². The number of hydrogen-bond donors (Lipinski definition) is 0. The lowest BCUT2D eigenvalue weighted by atomic mass is 10.1. The minimum atomic E-state index is -0.208. The molecule has 1 fully saturated rings. The molecule has 22 heavy (non-hydrogen) atoms. The molecular formula is C18H24N2O2. The second-order valence-corrected chi connectivity index (χ2v) is 5.90. The molecule has 0 unspecified atom stereocenters. The zero-order valence-electron chi connectivity index (χ0n) is 13.3. The number of piperidine rings is 1. The fraction of sp³-hybridized carbons (Fsp3) is 0.500. The SMILES string of the molecule is CCc1cc(C(=O)OCCN2CCCCC2)c2ccccn12. The summed E-state index contributed by atoms with van der Waals surface area (Å²) in [6, 6.07) is 7.87. The number of carbonyl (C=O) groups is 1. The van der Waals surface area contributed by atoms with E-state index in [1.807, 2.05) is 30.5 Å². The number of pyridine rings is 1. The monoisotopic (exact) mass is 300 g/mol. The van der Waals surface area contributed by atoms with Crippen molar-refractivity contribution in [3.63, 3.8) is 0 Å². The van der Waals surface area contributed by atoms with E-state index in [0.717, 1.165) is 37.3 Å². The van der Waals surface area contributed by atoms with E-state index >= 15 is 0 Å². The van der Waals surface area contributed by atoms with Gasteiger partial charge in [-0.3, -0.25) is 4.90 Å². The Kier molecular flexibility index (Phi) is 4.78. The number of likely N-dealkylation sites (tertiary alicyclic amines) is 1. The Hall–Kier alpha value is -1.81. The number of carbonyl (C=O) groups excluding carboxylic acids is 1. The van der Waals surface area contributed by atoms with Gasteiger partial charge in [0.2, 0.25) is 0 Å². The maximum absolute atomic E-state index is 12.4. The van der Waals surface area contributed by atoms with Crippen molar-refractivity contribution < 1.29 is 9.53 Å². The maximum Gasteiger partial charge on any atom is 0.340 e. The van der Waals surface area contributed by atoms with Gasteiger partial charge in [-0.05, 0) is 50.6 Å². The summed E-state index contributed by atoms with van der Waals surface area (Å²) in [5.74, 6) is -0.208. The molecule has 0 spiro atoms. The van der Waals surface area contributed by atoms with Gasteiger partial charge in [0.1, 0.15) is 6.61 Å². The van der Waals surface area contributed by atoms with Gasteiger partial charge in [0.25, 0.3) is 0 Å². The van der Waals surface area contributed by atoms with Gasteiger partial charge in [0.05, 0.1) is 11.1 Å². The topological polar surface area (TPSA) is 34.0 Å². The zero-order chi connectivity index (χ0) is 15.4. The molecule has 0 bridgehead atoms. The van der Waals surface area contributed by atoms with Crippen LogP contribution in [0, 0.1) is 0 Å². The number of fused-ring (bicyclic) bond motifs is 1. The zero-order valence-corrected chi connectivity index (χ0v) is 13.3. The first-order chi connectivity index (χ1) is 10.8. The summed E-state index contributed by atoms with van der Waals surface area (Å²) >= 11 is 0. The van der Waals surface area contributed by atoms with Gasteiger partial charge >= 0.3 is 5.97 Å². The van der Waals surface area contributed by atoms with Gasteiger partial charge in [-0.15, -0.1) is 0 Å². The average molecular weight is 300 g/mol. The Labute approximate surface area is 131 Å². The lowest BCUT2D eigenvalue weighted by Crippen LogP contribution is -2.33. The summed E-state index contributed by atoms with van der Waals surface area (Å²) in [5.41, 5.74) is 2.75. The summed E-state index contributed by atoms with van der Waals surface area (Å²) in [6.07, 6.45) is 6.74. The predicted octanol–water partition coefficient (Wildman–Crippen LogP) is 3.14. The first-order valence-corrected chi connectivity index (χ1v) is 8.28. The van der Waals surface area contributed by atoms with E-state index in [1.54, 1.807) is 0 Å². The van der Waals surface area contributed by atoms with Crippen LogP contribution in [0.3, 0.4) is 0 Å². The molecule has 0 amide bonds. The van der Waals surface area contributed by atoms with E-state index in [4.69, 9.17) is 4.74 Å². The summed E-state index contributed by atoms with van der Waals surface area (Å²) in [4.78, 5) is 14.8. The Morgan fingerprint density at radius 2 is 2.05 bits per heavy atom. The van der Waals surface area contributed by atoms with Gasteiger partial charge in [0.15, 0.2) is 0 Å². The first-order valence-electron chi connectivity index (χ1n) is 8.28. The van der Waals surface area contributed by atoms with Crippen LogP contribution in [0.15, 0.2) is 30.5 Å². The molecule has 1 saturated heterocycles. The minimum absolute atomic E-state index is 0.208. The normalized spacial score (nSPS) is 16.0. The van der Waals surface area contributed by atoms with E-state index < -0.39 is 0 Å². The number of rotatable bonds is 5. The molecule has 0 radical (unpaired) electrons. The fourth-order valence-corrected chi connectivity index (χ4v) is 3.19. The molecule has 1 aliphatic heterocycles. The van der Waals surface area contributed by atoms with Gasteiger partial charge in [0, 0.05) is 18.4 Å². The number of nitrogens with zero attached hydrogens (tertiary/aromatic N) is 2. The summed E-state index contributed by atoms with van der Waals surface area (Å²) in [7, 11) is 0. The fourth-order valence-electron chi connectivity index (χ4n) is 3.19. The Balaban J connectivity index is 1.64. The van der Waals surface area contributed by atoms with Crippen LogP contribution in [0.25, 0.3) is 5.52 Å². The highest BCUT2D eigenvalue weighted by molar-refractivity contribution is 5.97. The van der Waals surface area contributed by atoms with Crippen molar-refractivity contribution in [2.75, 3.05) is 26.2 Å². The predicted molar refractivity (Wildman–Crippen MR) is 87.3 cm³/mol. The van der Waals surface area contributed by atoms with E-state index in [2.05, 4.69) is 16.2 Å². The summed E-state index contributed by atoms with van der Waals surface area (Å²) in [5, 5.41) is 0. The molecular weight excluding hydrogens is 276 g/mol. The molecule has 0 aromatic carbocycles. The largest absolute Gasteiger partial charge is 0.461 e. The van der Waals surface area contributed by atoms with E-state index in [9.17, 15) is 4.79 Å². The first kappa shape index (κ1) is 15.1. The molecule has 4 heteroatoms. The molecule has 4 nitrogen and oxygen atoms in total. The van der Waals surface area contributed by atoms with Gasteiger partial charge < -0.3 is 9.14 Å². The highest BCUT2D eigenvalue weighted by Crippen LogP contribution is 2.18. The third-order valence-electron chi connectivity index (χ3n) is 4.43. The van der Waals surface area contributed by atoms with Crippen molar-refractivity contribution in [1.29, 1.82) is 0 Å². The van der Waals surface area contributed by atoms with E-state index in [0.29, 0.717) is 12.2 Å². The molecule has 2 aromatic heterocycles. The Morgan fingerprint density at radius 1 is 1.23 bits per heavy atom. The lowest BCUT2D eigenvalue weighted by Gasteiger charge is -2.25. The molecule has 0 atom stereocenters. The van der Waals surface area contributed by atoms with Gasteiger partial charge in [-0.25, -0.2) is 4.79 Å². The van der Waals surface area contributed by atoms with Crippen LogP contribution in [0.2, 0.25) is 0 Å². The minimum Gasteiger partial charge on any atom is -0.461 e. The van der Waals surface area contributed by atoms with Crippen molar-refractivity contribution in [2.24, 2.45) is 0 Å². The van der Waals surface area contributed by atoms with Gasteiger partial charge in [-0.2, -0.15) is 0 Å². The van der Waals surface area contributed by atoms with E-state index in [1.165, 1.54) is 19.3 Å².